The minimum absolute atomic E-state index is 0.227. The molecule has 0 saturated heterocycles. The Hall–Kier alpha value is -3.66. The molecule has 4 fully saturated rings. The lowest BCUT2D eigenvalue weighted by Crippen LogP contribution is -2.37. The van der Waals surface area contributed by atoms with Crippen molar-refractivity contribution in [1.29, 1.82) is 0 Å². The first kappa shape index (κ1) is 20.7. The molecular weight excluding hydrogens is 442 g/mol. The van der Waals surface area contributed by atoms with Crippen molar-refractivity contribution in [2.45, 2.75) is 44.2 Å². The van der Waals surface area contributed by atoms with E-state index in [2.05, 4.69) is 37.3 Å². The molecule has 4 saturated carbocycles. The van der Waals surface area contributed by atoms with Gasteiger partial charge in [0.05, 0.1) is 23.0 Å². The maximum atomic E-state index is 11.2. The molecule has 35 heavy (non-hydrogen) atoms. The Labute approximate surface area is 202 Å². The van der Waals surface area contributed by atoms with Gasteiger partial charge in [-0.3, -0.25) is 9.78 Å². The lowest BCUT2D eigenvalue weighted by Gasteiger charge is -2.32. The first-order chi connectivity index (χ1) is 16.9. The summed E-state index contributed by atoms with van der Waals surface area (Å²) in [5, 5.41) is 34.0. The molecule has 0 radical (unpaired) electrons. The first-order valence-corrected chi connectivity index (χ1v) is 12.3. The number of nitrogens with one attached hydrogen (secondary N) is 4. The van der Waals surface area contributed by atoms with Crippen LogP contribution in [0.25, 0.3) is 10.9 Å². The van der Waals surface area contributed by atoms with Gasteiger partial charge >= 0.3 is 0 Å². The van der Waals surface area contributed by atoms with Gasteiger partial charge in [-0.25, -0.2) is 9.97 Å². The van der Waals surface area contributed by atoms with Gasteiger partial charge in [0.2, 0.25) is 0 Å². The van der Waals surface area contributed by atoms with Crippen molar-refractivity contribution >= 4 is 39.9 Å². The molecule has 10 nitrogen and oxygen atoms in total. The van der Waals surface area contributed by atoms with E-state index in [1.54, 1.807) is 10.9 Å². The molecule has 4 aliphatic rings. The van der Waals surface area contributed by atoms with Crippen LogP contribution in [0.3, 0.4) is 0 Å². The molecule has 0 spiro atoms. The molecule has 5 N–H and O–H groups in total. The first-order valence-electron chi connectivity index (χ1n) is 12.3. The smallest absolute Gasteiger partial charge is 0.153 e. The molecular formula is C25H29N9O. The largest absolute Gasteiger partial charge is 0.389 e. The normalized spacial score (nSPS) is 28.7. The molecule has 8 rings (SSSR count). The highest BCUT2D eigenvalue weighted by molar-refractivity contribution is 5.93. The van der Waals surface area contributed by atoms with E-state index in [4.69, 9.17) is 9.97 Å². The summed E-state index contributed by atoms with van der Waals surface area (Å²) in [7, 11) is 1.88. The second kappa shape index (κ2) is 7.42. The molecule has 5 unspecified atom stereocenters. The van der Waals surface area contributed by atoms with Gasteiger partial charge < -0.3 is 21.1 Å². The Kier molecular flexibility index (Phi) is 4.38. The fraction of sp³-hybridized carbons (Fsp3) is 0.440. The van der Waals surface area contributed by atoms with Crippen molar-refractivity contribution in [3.8, 4) is 0 Å². The van der Waals surface area contributed by atoms with Gasteiger partial charge in [0.1, 0.15) is 17.5 Å². The van der Waals surface area contributed by atoms with Crippen molar-refractivity contribution < 1.29 is 5.11 Å². The van der Waals surface area contributed by atoms with E-state index in [1.165, 1.54) is 6.42 Å². The van der Waals surface area contributed by atoms with Gasteiger partial charge in [0, 0.05) is 48.4 Å². The number of H-pyrrole nitrogens is 1. The second-order valence-corrected chi connectivity index (χ2v) is 10.6. The lowest BCUT2D eigenvalue weighted by atomic mass is 9.79. The molecule has 10 heteroatoms. The number of aryl methyl sites for hydroxylation is 2. The fourth-order valence-electron chi connectivity index (χ4n) is 6.77. The van der Waals surface area contributed by atoms with E-state index < -0.39 is 5.60 Å². The SMILES string of the molecule is Cc1cc(Nc2cc3nc(Nc4cnn(C)c4)ccc3c(NC3C4CC5CC3C(O)(C5)C4)n2)n[nH]1. The predicted octanol–water partition coefficient (Wildman–Crippen LogP) is 3.84. The Balaban J connectivity index is 1.26. The Morgan fingerprint density at radius 3 is 2.77 bits per heavy atom. The van der Waals surface area contributed by atoms with E-state index in [0.717, 1.165) is 53.2 Å². The average Bonchev–Trinajstić information content (AvgIpc) is 3.51. The number of pyridine rings is 2. The second-order valence-electron chi connectivity index (χ2n) is 10.6. The maximum Gasteiger partial charge on any atom is 0.153 e. The molecule has 4 heterocycles. The summed E-state index contributed by atoms with van der Waals surface area (Å²) in [6, 6.07) is 8.13. The molecule has 0 aromatic carbocycles. The highest BCUT2D eigenvalue weighted by Gasteiger charge is 2.62. The number of aromatic nitrogens is 6. The quantitative estimate of drug-likeness (QED) is 0.287. The lowest BCUT2D eigenvalue weighted by molar-refractivity contribution is 0.00989. The number of fused-ring (bicyclic) bond motifs is 1. The Bertz CT molecular complexity index is 1420. The number of anilines is 5. The zero-order chi connectivity index (χ0) is 23.7. The van der Waals surface area contributed by atoms with E-state index in [1.807, 2.05) is 38.4 Å². The zero-order valence-corrected chi connectivity index (χ0v) is 19.8. The summed E-state index contributed by atoms with van der Waals surface area (Å²) in [4.78, 5) is 9.83. The van der Waals surface area contributed by atoms with Crippen LogP contribution in [0.2, 0.25) is 0 Å². The summed E-state index contributed by atoms with van der Waals surface area (Å²) >= 11 is 0. The monoisotopic (exact) mass is 471 g/mol. The zero-order valence-electron chi connectivity index (χ0n) is 19.8. The van der Waals surface area contributed by atoms with Gasteiger partial charge in [-0.2, -0.15) is 10.2 Å². The van der Waals surface area contributed by atoms with Gasteiger partial charge in [-0.15, -0.1) is 0 Å². The fourth-order valence-corrected chi connectivity index (χ4v) is 6.77. The number of nitrogens with zero attached hydrogens (tertiary/aromatic N) is 5. The number of hydrogen-bond acceptors (Lipinski definition) is 8. The summed E-state index contributed by atoms with van der Waals surface area (Å²) in [6.45, 7) is 1.96. The molecule has 0 amide bonds. The van der Waals surface area contributed by atoms with Crippen LogP contribution in [0, 0.1) is 24.7 Å². The van der Waals surface area contributed by atoms with Crippen LogP contribution < -0.4 is 16.0 Å². The third-order valence-electron chi connectivity index (χ3n) is 8.04. The van der Waals surface area contributed by atoms with Crippen LogP contribution in [0.5, 0.6) is 0 Å². The average molecular weight is 472 g/mol. The van der Waals surface area contributed by atoms with E-state index in [0.29, 0.717) is 23.5 Å². The number of aliphatic hydroxyl groups is 1. The predicted molar refractivity (Wildman–Crippen MR) is 134 cm³/mol. The van der Waals surface area contributed by atoms with Crippen molar-refractivity contribution in [1.82, 2.24) is 29.9 Å². The molecule has 4 bridgehead atoms. The number of hydrogen-bond donors (Lipinski definition) is 5. The van der Waals surface area contributed by atoms with Gasteiger partial charge in [-0.05, 0) is 56.6 Å². The van der Waals surface area contributed by atoms with Crippen LogP contribution in [0.4, 0.5) is 29.0 Å². The molecule has 4 aromatic heterocycles. The van der Waals surface area contributed by atoms with E-state index in [-0.39, 0.29) is 12.0 Å². The molecule has 180 valence electrons. The van der Waals surface area contributed by atoms with Crippen molar-refractivity contribution in [2.75, 3.05) is 16.0 Å². The van der Waals surface area contributed by atoms with Crippen molar-refractivity contribution in [3.63, 3.8) is 0 Å². The van der Waals surface area contributed by atoms with Crippen molar-refractivity contribution in [3.05, 3.63) is 42.4 Å². The van der Waals surface area contributed by atoms with Crippen molar-refractivity contribution in [2.24, 2.45) is 24.8 Å². The summed E-state index contributed by atoms with van der Waals surface area (Å²) in [5.74, 6) is 4.35. The van der Waals surface area contributed by atoms with Crippen LogP contribution in [0.15, 0.2) is 36.7 Å². The standard InChI is InChI=1S/C25H29N9O/c1-13-5-22(33-32-13)29-21-8-19-17(3-4-20(28-19)27-16-11-26-34(2)12-16)24(30-21)31-23-15-6-14-7-18(23)25(35,9-14)10-15/h3-5,8,11-12,14-15,18,23,35H,6-7,9-10H2,1-2H3,(H,27,28)(H3,29,30,31,32,33). The summed E-state index contributed by atoms with van der Waals surface area (Å²) in [5.41, 5.74) is 2.15. The van der Waals surface area contributed by atoms with E-state index in [9.17, 15) is 5.11 Å². The topological polar surface area (TPSA) is 129 Å². The minimum Gasteiger partial charge on any atom is -0.389 e. The van der Waals surface area contributed by atoms with Crippen LogP contribution in [-0.2, 0) is 7.05 Å². The molecule has 5 atom stereocenters. The highest BCUT2D eigenvalue weighted by Crippen LogP contribution is 2.61. The Morgan fingerprint density at radius 1 is 1.09 bits per heavy atom. The Morgan fingerprint density at radius 2 is 2.00 bits per heavy atom. The molecule has 0 aliphatic heterocycles. The third-order valence-corrected chi connectivity index (χ3v) is 8.04. The molecule has 4 aromatic rings. The highest BCUT2D eigenvalue weighted by atomic mass is 16.3. The minimum atomic E-state index is -0.511. The summed E-state index contributed by atoms with van der Waals surface area (Å²) < 4.78 is 1.75. The van der Waals surface area contributed by atoms with Crippen LogP contribution >= 0.6 is 0 Å². The van der Waals surface area contributed by atoms with Gasteiger partial charge in [0.25, 0.3) is 0 Å². The summed E-state index contributed by atoms with van der Waals surface area (Å²) in [6.07, 6.45) is 7.82. The van der Waals surface area contributed by atoms with E-state index >= 15 is 0 Å². The van der Waals surface area contributed by atoms with Gasteiger partial charge in [0.15, 0.2) is 5.82 Å². The molecule has 4 aliphatic carbocycles. The van der Waals surface area contributed by atoms with Gasteiger partial charge in [-0.1, -0.05) is 0 Å². The van der Waals surface area contributed by atoms with Crippen LogP contribution in [0.1, 0.15) is 31.4 Å². The number of rotatable bonds is 6. The third kappa shape index (κ3) is 3.51. The number of aromatic amines is 1. The van der Waals surface area contributed by atoms with Crippen LogP contribution in [-0.4, -0.2) is 46.7 Å². The maximum absolute atomic E-state index is 11.2.